The molecule has 2 saturated carbocycles. The first-order valence-electron chi connectivity index (χ1n) is 6.88. The Morgan fingerprint density at radius 2 is 2.00 bits per heavy atom. The second-order valence-corrected chi connectivity index (χ2v) is 5.75. The number of hydrogen-bond donors (Lipinski definition) is 0. The van der Waals surface area contributed by atoms with Crippen LogP contribution in [-0.2, 0) is 0 Å². The van der Waals surface area contributed by atoms with Gasteiger partial charge < -0.3 is 0 Å². The summed E-state index contributed by atoms with van der Waals surface area (Å²) in [5.74, 6) is 2.04. The lowest BCUT2D eigenvalue weighted by molar-refractivity contribution is 0.106. The Balaban J connectivity index is 1.98. The van der Waals surface area contributed by atoms with Crippen molar-refractivity contribution in [3.63, 3.8) is 0 Å². The predicted octanol–water partition coefficient (Wildman–Crippen LogP) is 3.05. The lowest BCUT2D eigenvalue weighted by Crippen LogP contribution is -2.44. The van der Waals surface area contributed by atoms with Crippen LogP contribution in [0.5, 0.6) is 0 Å². The molecule has 0 aromatic rings. The van der Waals surface area contributed by atoms with E-state index in [4.69, 9.17) is 0 Å². The number of nitriles is 1. The molecule has 0 bridgehead atoms. The first kappa shape index (κ1) is 11.9. The molecule has 2 nitrogen and oxygen atoms in total. The molecule has 0 aromatic heterocycles. The maximum absolute atomic E-state index is 9.27. The largest absolute Gasteiger partial charge is 0.299 e. The van der Waals surface area contributed by atoms with Crippen LogP contribution in [0.1, 0.15) is 46.0 Å². The highest BCUT2D eigenvalue weighted by molar-refractivity contribution is 4.97. The van der Waals surface area contributed by atoms with E-state index in [2.05, 4.69) is 24.8 Å². The van der Waals surface area contributed by atoms with Crippen LogP contribution in [0.4, 0.5) is 0 Å². The zero-order valence-corrected chi connectivity index (χ0v) is 10.7. The summed E-state index contributed by atoms with van der Waals surface area (Å²) in [5, 5.41) is 9.27. The Morgan fingerprint density at radius 1 is 1.25 bits per heavy atom. The highest BCUT2D eigenvalue weighted by atomic mass is 15.2. The van der Waals surface area contributed by atoms with Crippen molar-refractivity contribution in [3.05, 3.63) is 0 Å². The smallest absolute Gasteiger partial charge is 0.0672 e. The SMILES string of the molecule is CCN(CC1CC1)C1CC(C)CCC1C#N. The van der Waals surface area contributed by atoms with E-state index in [1.165, 1.54) is 32.2 Å². The molecule has 0 amide bonds. The summed E-state index contributed by atoms with van der Waals surface area (Å²) in [6.45, 7) is 6.94. The van der Waals surface area contributed by atoms with Crippen molar-refractivity contribution < 1.29 is 0 Å². The quantitative estimate of drug-likeness (QED) is 0.728. The first-order chi connectivity index (χ1) is 7.74. The minimum Gasteiger partial charge on any atom is -0.299 e. The Hall–Kier alpha value is -0.550. The molecule has 0 radical (unpaired) electrons. The van der Waals surface area contributed by atoms with Crippen LogP contribution in [0.3, 0.4) is 0 Å². The summed E-state index contributed by atoms with van der Waals surface area (Å²) >= 11 is 0. The second kappa shape index (κ2) is 5.19. The van der Waals surface area contributed by atoms with Crippen LogP contribution in [0, 0.1) is 29.1 Å². The summed E-state index contributed by atoms with van der Waals surface area (Å²) in [5.41, 5.74) is 0. The highest BCUT2D eigenvalue weighted by Gasteiger charge is 2.34. The molecule has 0 N–H and O–H groups in total. The maximum atomic E-state index is 9.27. The normalized spacial score (nSPS) is 35.0. The van der Waals surface area contributed by atoms with E-state index in [9.17, 15) is 5.26 Å². The molecule has 0 aliphatic heterocycles. The molecular weight excluding hydrogens is 196 g/mol. The summed E-state index contributed by atoms with van der Waals surface area (Å²) in [7, 11) is 0. The van der Waals surface area contributed by atoms with Gasteiger partial charge in [-0.2, -0.15) is 5.26 Å². The molecular formula is C14H24N2. The third kappa shape index (κ3) is 2.77. The molecule has 0 spiro atoms. The van der Waals surface area contributed by atoms with Gasteiger partial charge in [-0.15, -0.1) is 0 Å². The maximum Gasteiger partial charge on any atom is 0.0672 e. The van der Waals surface area contributed by atoms with Gasteiger partial charge in [0.25, 0.3) is 0 Å². The number of hydrogen-bond acceptors (Lipinski definition) is 2. The Labute approximate surface area is 99.6 Å². The van der Waals surface area contributed by atoms with Crippen LogP contribution in [0.2, 0.25) is 0 Å². The zero-order valence-electron chi connectivity index (χ0n) is 10.7. The van der Waals surface area contributed by atoms with Gasteiger partial charge >= 0.3 is 0 Å². The Kier molecular flexibility index (Phi) is 3.86. The van der Waals surface area contributed by atoms with Gasteiger partial charge in [0.1, 0.15) is 0 Å². The van der Waals surface area contributed by atoms with Gasteiger partial charge in [-0.3, -0.25) is 4.90 Å². The van der Waals surface area contributed by atoms with Crippen LogP contribution >= 0.6 is 0 Å². The molecule has 2 heteroatoms. The van der Waals surface area contributed by atoms with Crippen LogP contribution in [-0.4, -0.2) is 24.0 Å². The van der Waals surface area contributed by atoms with Gasteiger partial charge in [0.05, 0.1) is 12.0 Å². The van der Waals surface area contributed by atoms with E-state index in [1.54, 1.807) is 0 Å². The van der Waals surface area contributed by atoms with Gasteiger partial charge in [0.2, 0.25) is 0 Å². The molecule has 3 unspecified atom stereocenters. The summed E-state index contributed by atoms with van der Waals surface area (Å²) < 4.78 is 0. The standard InChI is InChI=1S/C14H24N2/c1-3-16(10-12-5-6-12)14-8-11(2)4-7-13(14)9-15/h11-14H,3-8,10H2,1-2H3. The fraction of sp³-hybridized carbons (Fsp3) is 0.929. The third-order valence-corrected chi connectivity index (χ3v) is 4.31. The number of nitrogens with zero attached hydrogens (tertiary/aromatic N) is 2. The van der Waals surface area contributed by atoms with Crippen LogP contribution < -0.4 is 0 Å². The third-order valence-electron chi connectivity index (χ3n) is 4.31. The van der Waals surface area contributed by atoms with E-state index >= 15 is 0 Å². The second-order valence-electron chi connectivity index (χ2n) is 5.75. The molecule has 2 fully saturated rings. The zero-order chi connectivity index (χ0) is 11.5. The molecule has 90 valence electrons. The number of rotatable bonds is 4. The molecule has 2 aliphatic carbocycles. The van der Waals surface area contributed by atoms with Gasteiger partial charge in [0.15, 0.2) is 0 Å². The van der Waals surface area contributed by atoms with Crippen LogP contribution in [0.15, 0.2) is 0 Å². The summed E-state index contributed by atoms with van der Waals surface area (Å²) in [6, 6.07) is 3.08. The van der Waals surface area contributed by atoms with Gasteiger partial charge in [0, 0.05) is 12.6 Å². The average molecular weight is 220 g/mol. The highest BCUT2D eigenvalue weighted by Crippen LogP contribution is 2.35. The van der Waals surface area contributed by atoms with E-state index < -0.39 is 0 Å². The summed E-state index contributed by atoms with van der Waals surface area (Å²) in [4.78, 5) is 2.58. The minimum absolute atomic E-state index is 0.287. The van der Waals surface area contributed by atoms with E-state index in [-0.39, 0.29) is 5.92 Å². The topological polar surface area (TPSA) is 27.0 Å². The van der Waals surface area contributed by atoms with E-state index in [0.29, 0.717) is 6.04 Å². The lowest BCUT2D eigenvalue weighted by atomic mass is 9.79. The van der Waals surface area contributed by atoms with Gasteiger partial charge in [-0.1, -0.05) is 13.8 Å². The van der Waals surface area contributed by atoms with Crippen molar-refractivity contribution >= 4 is 0 Å². The Bertz CT molecular complexity index is 264. The molecule has 2 aliphatic rings. The fourth-order valence-electron chi connectivity index (χ4n) is 3.04. The van der Waals surface area contributed by atoms with Gasteiger partial charge in [-0.25, -0.2) is 0 Å². The van der Waals surface area contributed by atoms with Gasteiger partial charge in [-0.05, 0) is 50.5 Å². The molecule has 0 heterocycles. The van der Waals surface area contributed by atoms with Crippen molar-refractivity contribution in [2.45, 2.75) is 52.0 Å². The van der Waals surface area contributed by atoms with Crippen molar-refractivity contribution in [3.8, 4) is 6.07 Å². The van der Waals surface area contributed by atoms with E-state index in [1.807, 2.05) is 0 Å². The van der Waals surface area contributed by atoms with E-state index in [0.717, 1.165) is 24.8 Å². The molecule has 0 aromatic carbocycles. The first-order valence-corrected chi connectivity index (χ1v) is 6.88. The monoisotopic (exact) mass is 220 g/mol. The predicted molar refractivity (Wildman–Crippen MR) is 65.9 cm³/mol. The molecule has 0 saturated heterocycles. The van der Waals surface area contributed by atoms with Crippen molar-refractivity contribution in [1.82, 2.24) is 4.90 Å². The minimum atomic E-state index is 0.287. The molecule has 2 rings (SSSR count). The molecule has 16 heavy (non-hydrogen) atoms. The van der Waals surface area contributed by atoms with Crippen molar-refractivity contribution in [2.75, 3.05) is 13.1 Å². The van der Waals surface area contributed by atoms with Crippen molar-refractivity contribution in [2.24, 2.45) is 17.8 Å². The summed E-state index contributed by atoms with van der Waals surface area (Å²) in [6.07, 6.45) is 6.42. The fourth-order valence-corrected chi connectivity index (χ4v) is 3.04. The van der Waals surface area contributed by atoms with Crippen molar-refractivity contribution in [1.29, 1.82) is 5.26 Å². The van der Waals surface area contributed by atoms with Crippen LogP contribution in [0.25, 0.3) is 0 Å². The lowest BCUT2D eigenvalue weighted by Gasteiger charge is -2.39. The Morgan fingerprint density at radius 3 is 2.56 bits per heavy atom. The average Bonchev–Trinajstić information content (AvgIpc) is 3.09. The molecule has 3 atom stereocenters.